The fourth-order valence-electron chi connectivity index (χ4n) is 7.06. The van der Waals surface area contributed by atoms with Gasteiger partial charge < -0.3 is 4.42 Å². The van der Waals surface area contributed by atoms with E-state index in [2.05, 4.69) is 71.3 Å². The summed E-state index contributed by atoms with van der Waals surface area (Å²) < 4.78 is 8.50. The van der Waals surface area contributed by atoms with Crippen molar-refractivity contribution in [2.45, 2.75) is 0 Å². The molecule has 4 aromatic heterocycles. The summed E-state index contributed by atoms with van der Waals surface area (Å²) in [5, 5.41) is 4.48. The molecule has 6 heteroatoms. The standard InChI is InChI=1S/C44H27N5O/c1-3-13-28(14-4-1)41-46-42(29-15-5-2-6-16-29)48-43(47-41)35-20-12-26-45-44(35)49-36-21-9-7-17-32(36)33-25-24-30(27-37(33)49)31-19-11-23-39-40(31)34-18-8-10-22-38(34)50-39/h1-27H. The summed E-state index contributed by atoms with van der Waals surface area (Å²) >= 11 is 0. The van der Waals surface area contributed by atoms with E-state index in [9.17, 15) is 0 Å². The maximum atomic E-state index is 6.26. The average Bonchev–Trinajstić information content (AvgIpc) is 3.74. The van der Waals surface area contributed by atoms with Gasteiger partial charge in [-0.25, -0.2) is 19.9 Å². The van der Waals surface area contributed by atoms with Crippen LogP contribution in [0.5, 0.6) is 0 Å². The number of pyridine rings is 1. The van der Waals surface area contributed by atoms with Gasteiger partial charge in [0, 0.05) is 38.9 Å². The Balaban J connectivity index is 1.23. The fourth-order valence-corrected chi connectivity index (χ4v) is 7.06. The highest BCUT2D eigenvalue weighted by molar-refractivity contribution is 6.14. The number of nitrogens with zero attached hydrogens (tertiary/aromatic N) is 5. The van der Waals surface area contributed by atoms with Crippen molar-refractivity contribution < 1.29 is 4.42 Å². The highest BCUT2D eigenvalue weighted by Gasteiger charge is 2.21. The number of aromatic nitrogens is 5. The van der Waals surface area contributed by atoms with Gasteiger partial charge in [0.25, 0.3) is 0 Å². The van der Waals surface area contributed by atoms with E-state index in [1.165, 1.54) is 0 Å². The van der Waals surface area contributed by atoms with Crippen molar-refractivity contribution in [1.29, 1.82) is 0 Å². The molecular weight excluding hydrogens is 615 g/mol. The lowest BCUT2D eigenvalue weighted by molar-refractivity contribution is 0.669. The van der Waals surface area contributed by atoms with E-state index in [0.29, 0.717) is 17.5 Å². The molecule has 0 atom stereocenters. The highest BCUT2D eigenvalue weighted by atomic mass is 16.3. The van der Waals surface area contributed by atoms with Gasteiger partial charge in [-0.2, -0.15) is 0 Å². The van der Waals surface area contributed by atoms with E-state index in [1.54, 1.807) is 0 Å². The van der Waals surface area contributed by atoms with Crippen LogP contribution in [0.2, 0.25) is 0 Å². The Bertz CT molecular complexity index is 2820. The number of furan rings is 1. The van der Waals surface area contributed by atoms with E-state index in [0.717, 1.165) is 77.4 Å². The summed E-state index contributed by atoms with van der Waals surface area (Å²) in [5.74, 6) is 2.51. The van der Waals surface area contributed by atoms with Gasteiger partial charge in [0.05, 0.1) is 16.6 Å². The molecule has 50 heavy (non-hydrogen) atoms. The van der Waals surface area contributed by atoms with Gasteiger partial charge in [-0.3, -0.25) is 4.57 Å². The Labute approximate surface area is 287 Å². The van der Waals surface area contributed by atoms with Crippen LogP contribution < -0.4 is 0 Å². The topological polar surface area (TPSA) is 69.6 Å². The van der Waals surface area contributed by atoms with E-state index >= 15 is 0 Å². The molecular formula is C44H27N5O. The van der Waals surface area contributed by atoms with Crippen LogP contribution in [-0.2, 0) is 0 Å². The molecule has 234 valence electrons. The van der Waals surface area contributed by atoms with Crippen LogP contribution in [0, 0.1) is 0 Å². The number of fused-ring (bicyclic) bond motifs is 6. The minimum absolute atomic E-state index is 0.553. The molecule has 0 aliphatic heterocycles. The first-order valence-corrected chi connectivity index (χ1v) is 16.6. The van der Waals surface area contributed by atoms with Crippen molar-refractivity contribution in [3.63, 3.8) is 0 Å². The second-order valence-corrected chi connectivity index (χ2v) is 12.3. The number of para-hydroxylation sites is 2. The molecule has 0 bridgehead atoms. The molecule has 0 aliphatic carbocycles. The number of hydrogen-bond acceptors (Lipinski definition) is 5. The van der Waals surface area contributed by atoms with Crippen LogP contribution >= 0.6 is 0 Å². The summed E-state index contributed by atoms with van der Waals surface area (Å²) in [7, 11) is 0. The Hall–Kier alpha value is -6.92. The zero-order chi connectivity index (χ0) is 33.0. The van der Waals surface area contributed by atoms with Gasteiger partial charge in [-0.1, -0.05) is 121 Å². The predicted molar refractivity (Wildman–Crippen MR) is 201 cm³/mol. The van der Waals surface area contributed by atoms with Gasteiger partial charge >= 0.3 is 0 Å². The lowest BCUT2D eigenvalue weighted by Crippen LogP contribution is -2.05. The third kappa shape index (κ3) is 4.50. The smallest absolute Gasteiger partial charge is 0.167 e. The van der Waals surface area contributed by atoms with E-state index < -0.39 is 0 Å². The number of benzene rings is 6. The summed E-state index contributed by atoms with van der Waals surface area (Å²) in [5.41, 5.74) is 8.68. The maximum absolute atomic E-state index is 6.26. The molecule has 10 rings (SSSR count). The molecule has 0 saturated heterocycles. The minimum atomic E-state index is 0.553. The van der Waals surface area contributed by atoms with Crippen molar-refractivity contribution in [3.05, 3.63) is 164 Å². The lowest BCUT2D eigenvalue weighted by atomic mass is 9.98. The maximum Gasteiger partial charge on any atom is 0.167 e. The molecule has 4 heterocycles. The normalized spacial score (nSPS) is 11.6. The van der Waals surface area contributed by atoms with Gasteiger partial charge in [-0.15, -0.1) is 0 Å². The molecule has 6 aromatic carbocycles. The molecule has 6 nitrogen and oxygen atoms in total. The van der Waals surface area contributed by atoms with E-state index in [-0.39, 0.29) is 0 Å². The first-order chi connectivity index (χ1) is 24.8. The second kappa shape index (κ2) is 11.4. The number of rotatable bonds is 5. The Morgan fingerprint density at radius 3 is 1.82 bits per heavy atom. The van der Waals surface area contributed by atoms with Crippen molar-refractivity contribution >= 4 is 43.7 Å². The summed E-state index contributed by atoms with van der Waals surface area (Å²) in [6, 6.07) is 53.7. The molecule has 0 unspecified atom stereocenters. The first kappa shape index (κ1) is 28.1. The Morgan fingerprint density at radius 2 is 1.04 bits per heavy atom. The summed E-state index contributed by atoms with van der Waals surface area (Å²) in [6.07, 6.45) is 1.83. The molecule has 0 fully saturated rings. The van der Waals surface area contributed by atoms with E-state index in [1.807, 2.05) is 97.2 Å². The fraction of sp³-hybridized carbons (Fsp3) is 0. The van der Waals surface area contributed by atoms with Crippen LogP contribution in [0.25, 0.3) is 94.9 Å². The largest absolute Gasteiger partial charge is 0.456 e. The van der Waals surface area contributed by atoms with Crippen LogP contribution in [0.15, 0.2) is 168 Å². The minimum Gasteiger partial charge on any atom is -0.456 e. The number of hydrogen-bond donors (Lipinski definition) is 0. The SMILES string of the molecule is c1ccc(-c2nc(-c3ccccc3)nc(-c3cccnc3-n3c4ccccc4c4ccc(-c5cccc6oc7ccccc7c56)cc43)n2)cc1. The van der Waals surface area contributed by atoms with Crippen molar-refractivity contribution in [2.24, 2.45) is 0 Å². The quantitative estimate of drug-likeness (QED) is 0.187. The van der Waals surface area contributed by atoms with Gasteiger partial charge in [0.1, 0.15) is 17.0 Å². The Morgan fingerprint density at radius 1 is 0.420 bits per heavy atom. The molecule has 0 spiro atoms. The Kier molecular flexibility index (Phi) is 6.39. The van der Waals surface area contributed by atoms with Gasteiger partial charge in [0.2, 0.25) is 0 Å². The van der Waals surface area contributed by atoms with Crippen molar-refractivity contribution in [1.82, 2.24) is 24.5 Å². The highest BCUT2D eigenvalue weighted by Crippen LogP contribution is 2.40. The first-order valence-electron chi connectivity index (χ1n) is 16.6. The van der Waals surface area contributed by atoms with Crippen LogP contribution in [0.1, 0.15) is 0 Å². The van der Waals surface area contributed by atoms with Crippen LogP contribution in [0.3, 0.4) is 0 Å². The molecule has 0 radical (unpaired) electrons. The average molecular weight is 642 g/mol. The van der Waals surface area contributed by atoms with Crippen LogP contribution in [-0.4, -0.2) is 24.5 Å². The molecule has 0 amide bonds. The molecule has 0 aliphatic rings. The third-order valence-electron chi connectivity index (χ3n) is 9.33. The van der Waals surface area contributed by atoms with Crippen molar-refractivity contribution in [3.8, 4) is 51.1 Å². The van der Waals surface area contributed by atoms with Crippen molar-refractivity contribution in [2.75, 3.05) is 0 Å². The van der Waals surface area contributed by atoms with E-state index in [4.69, 9.17) is 24.4 Å². The lowest BCUT2D eigenvalue weighted by Gasteiger charge is -2.14. The molecule has 10 aromatic rings. The monoisotopic (exact) mass is 641 g/mol. The summed E-state index contributed by atoms with van der Waals surface area (Å²) in [6.45, 7) is 0. The predicted octanol–water partition coefficient (Wildman–Crippen LogP) is 10.9. The molecule has 0 saturated carbocycles. The zero-order valence-electron chi connectivity index (χ0n) is 26.7. The third-order valence-corrected chi connectivity index (χ3v) is 9.33. The van der Waals surface area contributed by atoms with Gasteiger partial charge in [-0.05, 0) is 47.5 Å². The van der Waals surface area contributed by atoms with Crippen LogP contribution in [0.4, 0.5) is 0 Å². The van der Waals surface area contributed by atoms with Gasteiger partial charge in [0.15, 0.2) is 17.5 Å². The molecule has 0 N–H and O–H groups in total. The second-order valence-electron chi connectivity index (χ2n) is 12.3. The summed E-state index contributed by atoms with van der Waals surface area (Å²) in [4.78, 5) is 20.1. The zero-order valence-corrected chi connectivity index (χ0v) is 26.7.